The maximum Gasteiger partial charge on any atom is 0.161 e. The molecule has 1 N–H and O–H groups in total. The Kier molecular flexibility index (Phi) is 3.80. The number of halogens is 3. The van der Waals surface area contributed by atoms with Crippen molar-refractivity contribution in [3.05, 3.63) is 29.6 Å². The standard InChI is InChI=1S/C13H16F3NS/c1-13(2)3-4-18-7-12(13)17-11-6-9(15)8(14)5-10(11)16/h5-6,12,17H,3-4,7H2,1-2H3. The molecular formula is C13H16F3NS. The lowest BCUT2D eigenvalue weighted by Crippen LogP contribution is -2.41. The second kappa shape index (κ2) is 5.03. The molecule has 0 aliphatic carbocycles. The third-order valence-electron chi connectivity index (χ3n) is 3.46. The molecule has 1 aliphatic heterocycles. The summed E-state index contributed by atoms with van der Waals surface area (Å²) >= 11 is 1.78. The van der Waals surface area contributed by atoms with Crippen molar-refractivity contribution in [2.75, 3.05) is 16.8 Å². The molecule has 2 rings (SSSR count). The van der Waals surface area contributed by atoms with Gasteiger partial charge in [0.2, 0.25) is 0 Å². The van der Waals surface area contributed by atoms with Crippen molar-refractivity contribution in [1.82, 2.24) is 0 Å². The summed E-state index contributed by atoms with van der Waals surface area (Å²) in [6.45, 7) is 4.20. The molecule has 1 saturated heterocycles. The summed E-state index contributed by atoms with van der Waals surface area (Å²) in [4.78, 5) is 0. The molecule has 0 radical (unpaired) electrons. The zero-order chi connectivity index (χ0) is 13.3. The Morgan fingerprint density at radius 2 is 1.83 bits per heavy atom. The first-order valence-corrected chi connectivity index (χ1v) is 7.04. The summed E-state index contributed by atoms with van der Waals surface area (Å²) in [7, 11) is 0. The zero-order valence-corrected chi connectivity index (χ0v) is 11.2. The van der Waals surface area contributed by atoms with Gasteiger partial charge in [0.1, 0.15) is 5.82 Å². The van der Waals surface area contributed by atoms with E-state index < -0.39 is 17.5 Å². The first-order valence-electron chi connectivity index (χ1n) is 5.89. The smallest absolute Gasteiger partial charge is 0.161 e. The predicted molar refractivity (Wildman–Crippen MR) is 69.4 cm³/mol. The van der Waals surface area contributed by atoms with E-state index in [-0.39, 0.29) is 17.1 Å². The first-order chi connectivity index (χ1) is 8.40. The Labute approximate surface area is 109 Å². The van der Waals surface area contributed by atoms with E-state index >= 15 is 0 Å². The van der Waals surface area contributed by atoms with Gasteiger partial charge in [0.15, 0.2) is 11.6 Å². The maximum absolute atomic E-state index is 13.6. The van der Waals surface area contributed by atoms with E-state index in [0.29, 0.717) is 6.07 Å². The molecule has 1 heterocycles. The van der Waals surface area contributed by atoms with Crippen molar-refractivity contribution >= 4 is 17.4 Å². The molecule has 0 aromatic heterocycles. The SMILES string of the molecule is CC1(C)CCSCC1Nc1cc(F)c(F)cc1F. The minimum absolute atomic E-state index is 0.0164. The van der Waals surface area contributed by atoms with Crippen LogP contribution in [0.3, 0.4) is 0 Å². The van der Waals surface area contributed by atoms with Crippen LogP contribution in [0.1, 0.15) is 20.3 Å². The highest BCUT2D eigenvalue weighted by Crippen LogP contribution is 2.36. The van der Waals surface area contributed by atoms with Crippen molar-refractivity contribution in [2.45, 2.75) is 26.3 Å². The van der Waals surface area contributed by atoms with Crippen LogP contribution in [-0.4, -0.2) is 17.5 Å². The molecule has 5 heteroatoms. The molecule has 1 aromatic rings. The van der Waals surface area contributed by atoms with E-state index in [9.17, 15) is 13.2 Å². The summed E-state index contributed by atoms with van der Waals surface area (Å²) in [5, 5.41) is 3.00. The van der Waals surface area contributed by atoms with Gasteiger partial charge in [0, 0.05) is 23.9 Å². The van der Waals surface area contributed by atoms with Gasteiger partial charge in [-0.1, -0.05) is 13.8 Å². The second-order valence-electron chi connectivity index (χ2n) is 5.26. The predicted octanol–water partition coefficient (Wildman–Crippen LogP) is 4.05. The first kappa shape index (κ1) is 13.6. The van der Waals surface area contributed by atoms with E-state index in [0.717, 1.165) is 24.0 Å². The van der Waals surface area contributed by atoms with Crippen LogP contribution in [0.5, 0.6) is 0 Å². The Hall–Kier alpha value is -0.840. The van der Waals surface area contributed by atoms with Crippen molar-refractivity contribution in [2.24, 2.45) is 5.41 Å². The fraction of sp³-hybridized carbons (Fsp3) is 0.538. The second-order valence-corrected chi connectivity index (χ2v) is 6.41. The number of hydrogen-bond donors (Lipinski definition) is 1. The van der Waals surface area contributed by atoms with Crippen LogP contribution in [0.4, 0.5) is 18.9 Å². The van der Waals surface area contributed by atoms with Gasteiger partial charge in [-0.2, -0.15) is 11.8 Å². The molecule has 18 heavy (non-hydrogen) atoms. The zero-order valence-electron chi connectivity index (χ0n) is 10.4. The van der Waals surface area contributed by atoms with Crippen molar-refractivity contribution in [1.29, 1.82) is 0 Å². The number of thioether (sulfide) groups is 1. The Morgan fingerprint density at radius 3 is 2.50 bits per heavy atom. The molecule has 1 aromatic carbocycles. The van der Waals surface area contributed by atoms with Crippen molar-refractivity contribution < 1.29 is 13.2 Å². The number of benzene rings is 1. The Morgan fingerprint density at radius 1 is 1.17 bits per heavy atom. The molecule has 1 nitrogen and oxygen atoms in total. The minimum atomic E-state index is -1.16. The van der Waals surface area contributed by atoms with E-state index in [1.807, 2.05) is 0 Å². The summed E-state index contributed by atoms with van der Waals surface area (Å²) in [5.74, 6) is -1.02. The highest BCUT2D eigenvalue weighted by Gasteiger charge is 2.33. The van der Waals surface area contributed by atoms with Crippen LogP contribution in [0.15, 0.2) is 12.1 Å². The largest absolute Gasteiger partial charge is 0.378 e. The molecular weight excluding hydrogens is 259 g/mol. The van der Waals surface area contributed by atoms with Gasteiger partial charge in [-0.3, -0.25) is 0 Å². The summed E-state index contributed by atoms with van der Waals surface area (Å²) < 4.78 is 39.5. The molecule has 0 saturated carbocycles. The van der Waals surface area contributed by atoms with Crippen LogP contribution in [-0.2, 0) is 0 Å². The molecule has 0 amide bonds. The highest BCUT2D eigenvalue weighted by molar-refractivity contribution is 7.99. The van der Waals surface area contributed by atoms with Crippen LogP contribution in [0.25, 0.3) is 0 Å². The number of nitrogens with one attached hydrogen (secondary N) is 1. The minimum Gasteiger partial charge on any atom is -0.378 e. The summed E-state index contributed by atoms with van der Waals surface area (Å²) in [6.07, 6.45) is 1.01. The van der Waals surface area contributed by atoms with Crippen molar-refractivity contribution in [3.8, 4) is 0 Å². The Bertz CT molecular complexity index is 448. The topological polar surface area (TPSA) is 12.0 Å². The summed E-state index contributed by atoms with van der Waals surface area (Å²) in [6, 6.07) is 1.52. The lowest BCUT2D eigenvalue weighted by atomic mass is 9.82. The molecule has 0 bridgehead atoms. The number of rotatable bonds is 2. The lowest BCUT2D eigenvalue weighted by Gasteiger charge is -2.39. The fourth-order valence-corrected chi connectivity index (χ4v) is 3.60. The van der Waals surface area contributed by atoms with Crippen molar-refractivity contribution in [3.63, 3.8) is 0 Å². The van der Waals surface area contributed by atoms with Gasteiger partial charge in [0.25, 0.3) is 0 Å². The normalized spacial score (nSPS) is 22.8. The van der Waals surface area contributed by atoms with Gasteiger partial charge in [0.05, 0.1) is 5.69 Å². The molecule has 1 unspecified atom stereocenters. The monoisotopic (exact) mass is 275 g/mol. The summed E-state index contributed by atoms with van der Waals surface area (Å²) in [5.41, 5.74) is 0.0530. The van der Waals surface area contributed by atoms with Gasteiger partial charge < -0.3 is 5.32 Å². The molecule has 100 valence electrons. The van der Waals surface area contributed by atoms with E-state index in [1.54, 1.807) is 11.8 Å². The average Bonchev–Trinajstić information content (AvgIpc) is 2.28. The quantitative estimate of drug-likeness (QED) is 0.817. The van der Waals surface area contributed by atoms with Gasteiger partial charge in [-0.15, -0.1) is 0 Å². The van der Waals surface area contributed by atoms with Gasteiger partial charge in [-0.25, -0.2) is 13.2 Å². The number of hydrogen-bond acceptors (Lipinski definition) is 2. The van der Waals surface area contributed by atoms with E-state index in [2.05, 4.69) is 19.2 Å². The average molecular weight is 275 g/mol. The van der Waals surface area contributed by atoms with Crippen LogP contribution >= 0.6 is 11.8 Å². The highest BCUT2D eigenvalue weighted by atomic mass is 32.2. The molecule has 1 aliphatic rings. The Balaban J connectivity index is 2.20. The lowest BCUT2D eigenvalue weighted by molar-refractivity contribution is 0.304. The van der Waals surface area contributed by atoms with Gasteiger partial charge >= 0.3 is 0 Å². The molecule has 1 atom stereocenters. The molecule has 0 spiro atoms. The maximum atomic E-state index is 13.6. The van der Waals surface area contributed by atoms with Crippen LogP contribution in [0.2, 0.25) is 0 Å². The fourth-order valence-electron chi connectivity index (χ4n) is 1.99. The number of anilines is 1. The van der Waals surface area contributed by atoms with E-state index in [4.69, 9.17) is 0 Å². The molecule has 1 fully saturated rings. The third kappa shape index (κ3) is 2.76. The van der Waals surface area contributed by atoms with Crippen LogP contribution in [0, 0.1) is 22.9 Å². The third-order valence-corrected chi connectivity index (χ3v) is 4.52. The van der Waals surface area contributed by atoms with Crippen LogP contribution < -0.4 is 5.32 Å². The van der Waals surface area contributed by atoms with Gasteiger partial charge in [-0.05, 0) is 17.6 Å². The van der Waals surface area contributed by atoms with E-state index in [1.165, 1.54) is 0 Å².